The van der Waals surface area contributed by atoms with E-state index in [1.807, 2.05) is 0 Å². The van der Waals surface area contributed by atoms with Gasteiger partial charge in [-0.3, -0.25) is 4.79 Å². The Bertz CT molecular complexity index is 1280. The van der Waals surface area contributed by atoms with E-state index in [2.05, 4.69) is 98.9 Å². The molecule has 9 heteroatoms. The highest BCUT2D eigenvalue weighted by Gasteiger charge is 2.44. The molecule has 0 bridgehead atoms. The highest BCUT2D eigenvalue weighted by atomic mass is 16.7. The quantitative estimate of drug-likeness (QED) is 0.0267. The van der Waals surface area contributed by atoms with E-state index in [0.717, 1.165) is 83.5 Å². The summed E-state index contributed by atoms with van der Waals surface area (Å²) in [5, 5.41) is 40.3. The summed E-state index contributed by atoms with van der Waals surface area (Å²) < 4.78 is 22.9. The molecule has 0 saturated carbocycles. The summed E-state index contributed by atoms with van der Waals surface area (Å²) in [4.78, 5) is 12.8. The van der Waals surface area contributed by atoms with Crippen LogP contribution in [0.4, 0.5) is 0 Å². The van der Waals surface area contributed by atoms with Crippen LogP contribution in [-0.4, -0.2) is 89.6 Å². The van der Waals surface area contributed by atoms with E-state index in [-0.39, 0.29) is 19.2 Å². The van der Waals surface area contributed by atoms with Crippen LogP contribution in [0, 0.1) is 0 Å². The van der Waals surface area contributed by atoms with Gasteiger partial charge in [0.25, 0.3) is 0 Å². The number of hydrogen-bond donors (Lipinski definition) is 4. The van der Waals surface area contributed by atoms with Gasteiger partial charge in [-0.05, 0) is 89.9 Å². The molecule has 0 aliphatic carbocycles. The molecule has 0 spiro atoms. The van der Waals surface area contributed by atoms with Crippen molar-refractivity contribution in [1.82, 2.24) is 0 Å². The van der Waals surface area contributed by atoms with E-state index in [9.17, 15) is 25.2 Å². The van der Waals surface area contributed by atoms with Crippen molar-refractivity contribution in [3.8, 4) is 0 Å². The Kier molecular flexibility index (Phi) is 44.1. The van der Waals surface area contributed by atoms with Gasteiger partial charge < -0.3 is 39.4 Å². The molecule has 1 fully saturated rings. The lowest BCUT2D eigenvalue weighted by Crippen LogP contribution is -2.59. The topological polar surface area (TPSA) is 135 Å². The van der Waals surface area contributed by atoms with E-state index in [1.54, 1.807) is 0 Å². The van der Waals surface area contributed by atoms with Gasteiger partial charge in [-0.2, -0.15) is 0 Å². The van der Waals surface area contributed by atoms with E-state index in [0.29, 0.717) is 13.0 Å². The lowest BCUT2D eigenvalue weighted by molar-refractivity contribution is -0.305. The van der Waals surface area contributed by atoms with E-state index >= 15 is 0 Å². The number of allylic oxidation sites excluding steroid dienone is 14. The SMILES string of the molecule is CC/C=C\C/C=C\C/C=C\C/C=C\CCCCCCCCC(=O)OC(COCCCCCCCCCCC/C=C\C/C=C\C/C=C\CCCCCCC)COC1OC(CO)C(O)C(O)C1O. The van der Waals surface area contributed by atoms with Crippen LogP contribution < -0.4 is 0 Å². The number of rotatable bonds is 45. The second-order valence-corrected chi connectivity index (χ2v) is 17.9. The van der Waals surface area contributed by atoms with Crippen molar-refractivity contribution in [1.29, 1.82) is 0 Å². The second-order valence-electron chi connectivity index (χ2n) is 17.9. The van der Waals surface area contributed by atoms with Crippen molar-refractivity contribution in [3.05, 3.63) is 85.1 Å². The average Bonchev–Trinajstić information content (AvgIpc) is 3.32. The van der Waals surface area contributed by atoms with Crippen LogP contribution in [0.3, 0.4) is 0 Å². The van der Waals surface area contributed by atoms with Crippen molar-refractivity contribution >= 4 is 5.97 Å². The molecular weight excluding hydrogens is 829 g/mol. The Morgan fingerprint density at radius 2 is 0.924 bits per heavy atom. The molecule has 1 aliphatic rings. The van der Waals surface area contributed by atoms with Gasteiger partial charge in [0.2, 0.25) is 0 Å². The van der Waals surface area contributed by atoms with Crippen LogP contribution >= 0.6 is 0 Å². The van der Waals surface area contributed by atoms with Crippen LogP contribution in [-0.2, 0) is 23.7 Å². The number of aliphatic hydroxyl groups is 4. The van der Waals surface area contributed by atoms with Crippen molar-refractivity contribution < 1.29 is 44.2 Å². The van der Waals surface area contributed by atoms with Gasteiger partial charge in [-0.25, -0.2) is 0 Å². The predicted molar refractivity (Wildman–Crippen MR) is 274 cm³/mol. The number of ether oxygens (including phenoxy) is 4. The van der Waals surface area contributed by atoms with Gasteiger partial charge in [-0.15, -0.1) is 0 Å². The maximum Gasteiger partial charge on any atom is 0.306 e. The summed E-state index contributed by atoms with van der Waals surface area (Å²) in [6.07, 6.45) is 57.6. The van der Waals surface area contributed by atoms with Gasteiger partial charge in [-0.1, -0.05) is 195 Å². The van der Waals surface area contributed by atoms with Gasteiger partial charge in [0.15, 0.2) is 6.29 Å². The van der Waals surface area contributed by atoms with Crippen molar-refractivity contribution in [2.75, 3.05) is 26.4 Å². The van der Waals surface area contributed by atoms with E-state index < -0.39 is 43.4 Å². The smallest absolute Gasteiger partial charge is 0.306 e. The first-order chi connectivity index (χ1) is 32.4. The molecule has 4 N–H and O–H groups in total. The fourth-order valence-corrected chi connectivity index (χ4v) is 7.67. The molecule has 0 aromatic carbocycles. The molecule has 9 nitrogen and oxygen atoms in total. The fourth-order valence-electron chi connectivity index (χ4n) is 7.67. The minimum absolute atomic E-state index is 0.126. The molecular formula is C57H98O9. The summed E-state index contributed by atoms with van der Waals surface area (Å²) in [5.41, 5.74) is 0. The monoisotopic (exact) mass is 927 g/mol. The highest BCUT2D eigenvalue weighted by molar-refractivity contribution is 5.69. The van der Waals surface area contributed by atoms with Crippen LogP contribution in [0.2, 0.25) is 0 Å². The van der Waals surface area contributed by atoms with Crippen LogP contribution in [0.1, 0.15) is 206 Å². The van der Waals surface area contributed by atoms with Gasteiger partial charge in [0.1, 0.15) is 30.5 Å². The third-order valence-corrected chi connectivity index (χ3v) is 11.8. The molecule has 0 radical (unpaired) electrons. The molecule has 1 heterocycles. The Labute approximate surface area is 403 Å². The predicted octanol–water partition coefficient (Wildman–Crippen LogP) is 13.4. The second kappa shape index (κ2) is 47.4. The summed E-state index contributed by atoms with van der Waals surface area (Å²) >= 11 is 0. The minimum atomic E-state index is -1.55. The number of hydrogen-bond acceptors (Lipinski definition) is 9. The Hall–Kier alpha value is -2.63. The Balaban J connectivity index is 2.21. The molecule has 0 aromatic heterocycles. The number of carbonyl (C=O) groups excluding carboxylic acids is 1. The highest BCUT2D eigenvalue weighted by Crippen LogP contribution is 2.23. The third-order valence-electron chi connectivity index (χ3n) is 11.8. The Morgan fingerprint density at radius 3 is 1.39 bits per heavy atom. The molecule has 6 atom stereocenters. The lowest BCUT2D eigenvalue weighted by atomic mass is 9.99. The third kappa shape index (κ3) is 37.4. The van der Waals surface area contributed by atoms with Gasteiger partial charge in [0, 0.05) is 13.0 Å². The minimum Gasteiger partial charge on any atom is -0.457 e. The van der Waals surface area contributed by atoms with E-state index in [1.165, 1.54) is 103 Å². The number of unbranched alkanes of at least 4 members (excludes halogenated alkanes) is 20. The zero-order chi connectivity index (χ0) is 47.8. The van der Waals surface area contributed by atoms with Crippen LogP contribution in [0.15, 0.2) is 85.1 Å². The van der Waals surface area contributed by atoms with Crippen LogP contribution in [0.5, 0.6) is 0 Å². The molecule has 0 amide bonds. The number of carbonyl (C=O) groups is 1. The lowest BCUT2D eigenvalue weighted by Gasteiger charge is -2.39. The average molecular weight is 927 g/mol. The number of esters is 1. The molecule has 1 aliphatic heterocycles. The molecule has 1 rings (SSSR count). The summed E-state index contributed by atoms with van der Waals surface area (Å²) in [7, 11) is 0. The normalized spacial score (nSPS) is 20.0. The molecule has 66 heavy (non-hydrogen) atoms. The fraction of sp³-hybridized carbons (Fsp3) is 0.737. The standard InChI is InChI=1S/C57H98O9/c1-3-5-7-9-11-13-15-17-19-21-23-24-25-26-27-29-31-33-35-37-39-41-43-45-47-63-49-51(50-64-57-56(62)55(61)54(60)52(48-58)66-57)65-53(59)46-44-42-40-38-36-34-32-30-28-22-20-18-16-14-12-10-8-6-4-2/h6,8,12,14-15,17-18,20-21,23,25-26,28,30,51-52,54-58,60-62H,3-5,7,9-11,13,16,19,22,24,27,29,31-50H2,1-2H3/b8-6-,14-12-,17-15-,20-18-,23-21-,26-25-,30-28-. The van der Waals surface area contributed by atoms with E-state index in [4.69, 9.17) is 18.9 Å². The van der Waals surface area contributed by atoms with Crippen molar-refractivity contribution in [2.45, 2.75) is 243 Å². The van der Waals surface area contributed by atoms with Crippen LogP contribution in [0.25, 0.3) is 0 Å². The summed E-state index contributed by atoms with van der Waals surface area (Å²) in [6.45, 7) is 4.40. The molecule has 6 unspecified atom stereocenters. The molecule has 380 valence electrons. The summed E-state index contributed by atoms with van der Waals surface area (Å²) in [6, 6.07) is 0. The molecule has 0 aromatic rings. The first-order valence-corrected chi connectivity index (χ1v) is 26.7. The summed E-state index contributed by atoms with van der Waals surface area (Å²) in [5.74, 6) is -0.331. The first-order valence-electron chi connectivity index (χ1n) is 26.7. The zero-order valence-corrected chi connectivity index (χ0v) is 41.9. The largest absolute Gasteiger partial charge is 0.457 e. The van der Waals surface area contributed by atoms with Crippen molar-refractivity contribution in [3.63, 3.8) is 0 Å². The maximum atomic E-state index is 12.8. The maximum absolute atomic E-state index is 12.8. The first kappa shape index (κ1) is 61.4. The molecule has 1 saturated heterocycles. The Morgan fingerprint density at radius 1 is 0.500 bits per heavy atom. The van der Waals surface area contributed by atoms with Gasteiger partial charge in [0.05, 0.1) is 19.8 Å². The van der Waals surface area contributed by atoms with Crippen molar-refractivity contribution in [2.24, 2.45) is 0 Å². The number of aliphatic hydroxyl groups excluding tert-OH is 4. The zero-order valence-electron chi connectivity index (χ0n) is 41.9. The van der Waals surface area contributed by atoms with Gasteiger partial charge >= 0.3 is 5.97 Å².